The van der Waals surface area contributed by atoms with Crippen LogP contribution in [0.4, 0.5) is 0 Å². The third-order valence-corrected chi connectivity index (χ3v) is 2.98. The molecule has 0 aliphatic heterocycles. The van der Waals surface area contributed by atoms with Gasteiger partial charge < -0.3 is 10.2 Å². The topological polar surface area (TPSA) is 53.4 Å². The zero-order valence-corrected chi connectivity index (χ0v) is 10.0. The van der Waals surface area contributed by atoms with Crippen molar-refractivity contribution >= 4 is 10.9 Å². The molecule has 1 heterocycles. The highest BCUT2D eigenvalue weighted by Crippen LogP contribution is 2.24. The minimum Gasteiger partial charge on any atom is -0.390 e. The maximum absolute atomic E-state index is 10.0. The van der Waals surface area contributed by atoms with Gasteiger partial charge in [0.2, 0.25) is 0 Å². The van der Waals surface area contributed by atoms with E-state index in [1.165, 1.54) is 0 Å². The maximum Gasteiger partial charge on any atom is 0.105 e. The number of fused-ring (bicyclic) bond motifs is 1. The molecule has 2 atom stereocenters. The van der Waals surface area contributed by atoms with Crippen molar-refractivity contribution in [3.63, 3.8) is 0 Å². The Balaban J connectivity index is 2.36. The van der Waals surface area contributed by atoms with Gasteiger partial charge in [0, 0.05) is 11.6 Å². The van der Waals surface area contributed by atoms with Gasteiger partial charge in [-0.15, -0.1) is 0 Å². The normalized spacial score (nSPS) is 15.1. The molecule has 2 aromatic rings. The smallest absolute Gasteiger partial charge is 0.105 e. The van der Waals surface area contributed by atoms with Gasteiger partial charge in [0.1, 0.15) is 6.10 Å². The van der Waals surface area contributed by atoms with Crippen molar-refractivity contribution < 1.29 is 10.2 Å². The fourth-order valence-electron chi connectivity index (χ4n) is 1.84. The fourth-order valence-corrected chi connectivity index (χ4v) is 1.84. The number of aromatic nitrogens is 1. The summed E-state index contributed by atoms with van der Waals surface area (Å²) >= 11 is 0. The van der Waals surface area contributed by atoms with E-state index >= 15 is 0 Å². The zero-order valence-electron chi connectivity index (χ0n) is 10.0. The van der Waals surface area contributed by atoms with Gasteiger partial charge >= 0.3 is 0 Å². The summed E-state index contributed by atoms with van der Waals surface area (Å²) in [6, 6.07) is 9.35. The van der Waals surface area contributed by atoms with E-state index in [9.17, 15) is 10.2 Å². The average molecular weight is 231 g/mol. The van der Waals surface area contributed by atoms with Crippen LogP contribution in [0.2, 0.25) is 0 Å². The van der Waals surface area contributed by atoms with Crippen molar-refractivity contribution in [1.29, 1.82) is 0 Å². The van der Waals surface area contributed by atoms with Gasteiger partial charge in [-0.3, -0.25) is 4.98 Å². The van der Waals surface area contributed by atoms with Crippen molar-refractivity contribution in [3.05, 3.63) is 42.1 Å². The molecule has 0 saturated carbocycles. The van der Waals surface area contributed by atoms with Crippen LogP contribution in [0.5, 0.6) is 0 Å². The Hall–Kier alpha value is -1.45. The molecule has 0 amide bonds. The summed E-state index contributed by atoms with van der Waals surface area (Å²) in [7, 11) is 0. The first-order valence-electron chi connectivity index (χ1n) is 5.80. The van der Waals surface area contributed by atoms with Crippen molar-refractivity contribution in [2.75, 3.05) is 0 Å². The number of rotatable bonds is 3. The minimum atomic E-state index is -0.848. The fraction of sp³-hybridized carbons (Fsp3) is 0.357. The van der Waals surface area contributed by atoms with Crippen molar-refractivity contribution in [2.45, 2.75) is 26.1 Å². The molecule has 0 saturated heterocycles. The van der Waals surface area contributed by atoms with Gasteiger partial charge in [0.15, 0.2) is 0 Å². The lowest BCUT2D eigenvalue weighted by Crippen LogP contribution is -2.23. The van der Waals surface area contributed by atoms with Crippen LogP contribution in [-0.2, 0) is 0 Å². The molecule has 0 aliphatic carbocycles. The molecule has 0 spiro atoms. The van der Waals surface area contributed by atoms with Crippen LogP contribution in [0.3, 0.4) is 0 Å². The molecule has 0 fully saturated rings. The Morgan fingerprint density at radius 3 is 2.59 bits per heavy atom. The van der Waals surface area contributed by atoms with E-state index in [1.54, 1.807) is 6.20 Å². The number of hydrogen-bond donors (Lipinski definition) is 2. The van der Waals surface area contributed by atoms with Crippen LogP contribution in [0.25, 0.3) is 10.9 Å². The van der Waals surface area contributed by atoms with Crippen molar-refractivity contribution in [1.82, 2.24) is 4.98 Å². The van der Waals surface area contributed by atoms with Crippen LogP contribution in [0.1, 0.15) is 25.5 Å². The molecular weight excluding hydrogens is 214 g/mol. The number of hydrogen-bond acceptors (Lipinski definition) is 3. The number of benzene rings is 1. The first-order chi connectivity index (χ1) is 8.09. The summed E-state index contributed by atoms with van der Waals surface area (Å²) in [5.41, 5.74) is 1.62. The van der Waals surface area contributed by atoms with Crippen molar-refractivity contribution in [2.24, 2.45) is 5.92 Å². The van der Waals surface area contributed by atoms with E-state index in [0.29, 0.717) is 0 Å². The Kier molecular flexibility index (Phi) is 3.41. The second kappa shape index (κ2) is 4.82. The van der Waals surface area contributed by atoms with Gasteiger partial charge in [-0.05, 0) is 29.7 Å². The highest BCUT2D eigenvalue weighted by Gasteiger charge is 2.21. The molecule has 2 rings (SSSR count). The molecule has 1 aromatic heterocycles. The Bertz CT molecular complexity index is 510. The van der Waals surface area contributed by atoms with Crippen molar-refractivity contribution in [3.8, 4) is 0 Å². The van der Waals surface area contributed by atoms with E-state index in [0.717, 1.165) is 16.5 Å². The standard InChI is InChI=1S/C14H17NO2/c1-9(2)13(16)14(17)11-5-6-12-10(8-11)4-3-7-15-12/h3-9,13-14,16-17H,1-2H3. The van der Waals surface area contributed by atoms with Gasteiger partial charge in [0.25, 0.3) is 0 Å². The van der Waals surface area contributed by atoms with Gasteiger partial charge in [0.05, 0.1) is 11.6 Å². The monoisotopic (exact) mass is 231 g/mol. The minimum absolute atomic E-state index is 0.0228. The Labute approximate surface area is 101 Å². The summed E-state index contributed by atoms with van der Waals surface area (Å²) in [5, 5.41) is 20.9. The zero-order chi connectivity index (χ0) is 12.4. The molecule has 3 nitrogen and oxygen atoms in total. The molecule has 0 bridgehead atoms. The third kappa shape index (κ3) is 2.46. The first kappa shape index (κ1) is 12.0. The lowest BCUT2D eigenvalue weighted by molar-refractivity contribution is -0.00932. The predicted octanol–water partition coefficient (Wildman–Crippen LogP) is 2.29. The summed E-state index contributed by atoms with van der Waals surface area (Å²) in [6.45, 7) is 3.77. The van der Waals surface area contributed by atoms with E-state index in [-0.39, 0.29) is 5.92 Å². The van der Waals surface area contributed by atoms with Crippen LogP contribution in [0, 0.1) is 5.92 Å². The first-order valence-corrected chi connectivity index (χ1v) is 5.80. The number of aliphatic hydroxyl groups is 2. The molecule has 2 unspecified atom stereocenters. The lowest BCUT2D eigenvalue weighted by Gasteiger charge is -2.21. The van der Waals surface area contributed by atoms with Crippen LogP contribution in [-0.4, -0.2) is 21.3 Å². The van der Waals surface area contributed by atoms with E-state index < -0.39 is 12.2 Å². The summed E-state index contributed by atoms with van der Waals surface area (Å²) in [5.74, 6) is 0.0228. The second-order valence-electron chi connectivity index (χ2n) is 4.63. The lowest BCUT2D eigenvalue weighted by atomic mass is 9.95. The molecule has 2 N–H and O–H groups in total. The molecule has 0 aliphatic rings. The second-order valence-corrected chi connectivity index (χ2v) is 4.63. The Morgan fingerprint density at radius 1 is 1.12 bits per heavy atom. The van der Waals surface area contributed by atoms with Crippen LogP contribution in [0.15, 0.2) is 36.5 Å². The number of aliphatic hydroxyl groups excluding tert-OH is 2. The van der Waals surface area contributed by atoms with Gasteiger partial charge in [-0.25, -0.2) is 0 Å². The van der Waals surface area contributed by atoms with E-state index in [2.05, 4.69) is 4.98 Å². The maximum atomic E-state index is 10.0. The average Bonchev–Trinajstić information content (AvgIpc) is 2.36. The SMILES string of the molecule is CC(C)C(O)C(O)c1ccc2ncccc2c1. The van der Waals surface area contributed by atoms with Gasteiger partial charge in [-0.1, -0.05) is 26.0 Å². The van der Waals surface area contributed by atoms with Crippen LogP contribution >= 0.6 is 0 Å². The number of pyridine rings is 1. The van der Waals surface area contributed by atoms with E-state index in [1.807, 2.05) is 44.2 Å². The quantitative estimate of drug-likeness (QED) is 0.852. The molecule has 1 aromatic carbocycles. The van der Waals surface area contributed by atoms with E-state index in [4.69, 9.17) is 0 Å². The molecule has 0 radical (unpaired) electrons. The predicted molar refractivity (Wildman–Crippen MR) is 67.5 cm³/mol. The summed E-state index contributed by atoms with van der Waals surface area (Å²) < 4.78 is 0. The number of nitrogens with zero attached hydrogens (tertiary/aromatic N) is 1. The summed E-state index contributed by atoms with van der Waals surface area (Å²) in [6.07, 6.45) is 0.144. The third-order valence-electron chi connectivity index (χ3n) is 2.98. The molecule has 3 heteroatoms. The van der Waals surface area contributed by atoms with Gasteiger partial charge in [-0.2, -0.15) is 0 Å². The summed E-state index contributed by atoms with van der Waals surface area (Å²) in [4.78, 5) is 4.22. The molecular formula is C14H17NO2. The highest BCUT2D eigenvalue weighted by atomic mass is 16.3. The van der Waals surface area contributed by atoms with Crippen LogP contribution < -0.4 is 0 Å². The molecule has 17 heavy (non-hydrogen) atoms. The highest BCUT2D eigenvalue weighted by molar-refractivity contribution is 5.79. The Morgan fingerprint density at radius 2 is 1.88 bits per heavy atom. The largest absolute Gasteiger partial charge is 0.390 e. The molecule has 90 valence electrons.